The highest BCUT2D eigenvalue weighted by molar-refractivity contribution is 5.07. The van der Waals surface area contributed by atoms with E-state index in [0.29, 0.717) is 5.92 Å². The van der Waals surface area contributed by atoms with Crippen molar-refractivity contribution < 1.29 is 0 Å². The zero-order valence-electron chi connectivity index (χ0n) is 10.7. The fourth-order valence-electron chi connectivity index (χ4n) is 2.15. The van der Waals surface area contributed by atoms with Crippen LogP contribution < -0.4 is 5.32 Å². The van der Waals surface area contributed by atoms with Crippen molar-refractivity contribution in [2.75, 3.05) is 13.1 Å². The van der Waals surface area contributed by atoms with Crippen LogP contribution in [0.3, 0.4) is 0 Å². The van der Waals surface area contributed by atoms with Crippen LogP contribution in [0.4, 0.5) is 0 Å². The lowest BCUT2D eigenvalue weighted by Gasteiger charge is -2.21. The highest BCUT2D eigenvalue weighted by Crippen LogP contribution is 2.26. The third-order valence-electron chi connectivity index (χ3n) is 3.17. The van der Waals surface area contributed by atoms with E-state index in [2.05, 4.69) is 31.2 Å². The largest absolute Gasteiger partial charge is 0.317 e. The lowest BCUT2D eigenvalue weighted by Crippen LogP contribution is -2.28. The van der Waals surface area contributed by atoms with Crippen molar-refractivity contribution in [3.8, 4) is 0 Å². The fraction of sp³-hybridized carbons (Fsp3) is 0.833. The number of piperidine rings is 1. The summed E-state index contributed by atoms with van der Waals surface area (Å²) in [6.07, 6.45) is 2.35. The summed E-state index contributed by atoms with van der Waals surface area (Å²) in [6, 6.07) is 0. The molecule has 0 unspecified atom stereocenters. The molecule has 1 aromatic heterocycles. The minimum atomic E-state index is 0.0446. The third-order valence-corrected chi connectivity index (χ3v) is 3.17. The summed E-state index contributed by atoms with van der Waals surface area (Å²) in [5, 5.41) is 7.93. The second-order valence-corrected chi connectivity index (χ2v) is 5.69. The minimum Gasteiger partial charge on any atom is -0.317 e. The molecule has 0 saturated carbocycles. The fourth-order valence-corrected chi connectivity index (χ4v) is 2.15. The zero-order chi connectivity index (χ0) is 11.8. The molecular weight excluding hydrogens is 200 g/mol. The number of nitrogens with one attached hydrogen (secondary N) is 1. The predicted molar refractivity (Wildman–Crippen MR) is 64.5 cm³/mol. The van der Waals surface area contributed by atoms with Crippen LogP contribution in [0, 0.1) is 0 Å². The Morgan fingerprint density at radius 1 is 1.25 bits per heavy atom. The first-order valence-corrected chi connectivity index (χ1v) is 6.10. The van der Waals surface area contributed by atoms with Gasteiger partial charge in [-0.3, -0.25) is 4.68 Å². The highest BCUT2D eigenvalue weighted by Gasteiger charge is 2.25. The Kier molecular flexibility index (Phi) is 3.02. The van der Waals surface area contributed by atoms with Crippen molar-refractivity contribution in [2.24, 2.45) is 7.05 Å². The third kappa shape index (κ3) is 2.26. The standard InChI is InChI=1S/C12H22N4/c1-12(2,3)11-14-10(16(4)15-11)9-5-7-13-8-6-9/h9,13H,5-8H2,1-4H3. The van der Waals surface area contributed by atoms with E-state index >= 15 is 0 Å². The second-order valence-electron chi connectivity index (χ2n) is 5.69. The molecule has 1 aromatic rings. The summed E-state index contributed by atoms with van der Waals surface area (Å²) in [4.78, 5) is 4.73. The van der Waals surface area contributed by atoms with E-state index in [1.165, 1.54) is 12.8 Å². The Morgan fingerprint density at radius 2 is 1.88 bits per heavy atom. The Bertz CT molecular complexity index is 356. The molecule has 1 saturated heterocycles. The normalized spacial score (nSPS) is 19.0. The number of rotatable bonds is 1. The van der Waals surface area contributed by atoms with E-state index in [-0.39, 0.29) is 5.41 Å². The van der Waals surface area contributed by atoms with Gasteiger partial charge in [0.05, 0.1) is 0 Å². The first kappa shape index (κ1) is 11.6. The minimum absolute atomic E-state index is 0.0446. The monoisotopic (exact) mass is 222 g/mol. The zero-order valence-corrected chi connectivity index (χ0v) is 10.7. The summed E-state index contributed by atoms with van der Waals surface area (Å²) in [5.74, 6) is 2.70. The molecule has 0 bridgehead atoms. The number of hydrogen-bond donors (Lipinski definition) is 1. The first-order valence-electron chi connectivity index (χ1n) is 6.10. The van der Waals surface area contributed by atoms with E-state index in [4.69, 9.17) is 4.98 Å². The summed E-state index contributed by atoms with van der Waals surface area (Å²) in [7, 11) is 2.01. The lowest BCUT2D eigenvalue weighted by molar-refractivity contribution is 0.432. The number of nitrogens with zero attached hydrogens (tertiary/aromatic N) is 3. The van der Waals surface area contributed by atoms with E-state index in [1.54, 1.807) is 0 Å². The summed E-state index contributed by atoms with van der Waals surface area (Å²) in [5.41, 5.74) is 0.0446. The van der Waals surface area contributed by atoms with Crippen LogP contribution in [0.2, 0.25) is 0 Å². The Morgan fingerprint density at radius 3 is 2.38 bits per heavy atom. The van der Waals surface area contributed by atoms with Gasteiger partial charge in [-0.15, -0.1) is 0 Å². The number of hydrogen-bond acceptors (Lipinski definition) is 3. The van der Waals surface area contributed by atoms with Gasteiger partial charge in [-0.1, -0.05) is 20.8 Å². The summed E-state index contributed by atoms with van der Waals surface area (Å²) < 4.78 is 1.97. The van der Waals surface area contributed by atoms with Crippen molar-refractivity contribution in [1.29, 1.82) is 0 Å². The van der Waals surface area contributed by atoms with Gasteiger partial charge in [-0.25, -0.2) is 4.98 Å². The lowest BCUT2D eigenvalue weighted by atomic mass is 9.95. The average Bonchev–Trinajstić information content (AvgIpc) is 2.61. The van der Waals surface area contributed by atoms with E-state index in [1.807, 2.05) is 11.7 Å². The van der Waals surface area contributed by atoms with E-state index in [9.17, 15) is 0 Å². The van der Waals surface area contributed by atoms with Gasteiger partial charge in [0.1, 0.15) is 5.82 Å². The van der Waals surface area contributed by atoms with Crippen LogP contribution in [0.15, 0.2) is 0 Å². The average molecular weight is 222 g/mol. The molecule has 1 aliphatic heterocycles. The van der Waals surface area contributed by atoms with Gasteiger partial charge in [-0.2, -0.15) is 5.10 Å². The molecule has 16 heavy (non-hydrogen) atoms. The maximum atomic E-state index is 4.73. The van der Waals surface area contributed by atoms with Crippen molar-refractivity contribution in [1.82, 2.24) is 20.1 Å². The van der Waals surface area contributed by atoms with E-state index in [0.717, 1.165) is 24.7 Å². The molecule has 90 valence electrons. The van der Waals surface area contributed by atoms with Crippen LogP contribution in [0.5, 0.6) is 0 Å². The molecule has 0 spiro atoms. The van der Waals surface area contributed by atoms with Gasteiger partial charge in [0, 0.05) is 18.4 Å². The molecule has 1 fully saturated rings. The van der Waals surface area contributed by atoms with Crippen molar-refractivity contribution in [3.63, 3.8) is 0 Å². The smallest absolute Gasteiger partial charge is 0.156 e. The molecule has 4 nitrogen and oxygen atoms in total. The Hall–Kier alpha value is -0.900. The molecule has 0 aromatic carbocycles. The molecule has 0 atom stereocenters. The molecule has 2 rings (SSSR count). The molecule has 0 aliphatic carbocycles. The maximum Gasteiger partial charge on any atom is 0.156 e. The molecular formula is C12H22N4. The van der Waals surface area contributed by atoms with Crippen LogP contribution in [-0.2, 0) is 12.5 Å². The van der Waals surface area contributed by atoms with Crippen molar-refractivity contribution in [3.05, 3.63) is 11.6 Å². The van der Waals surface area contributed by atoms with Gasteiger partial charge in [0.15, 0.2) is 5.82 Å². The van der Waals surface area contributed by atoms with Crippen LogP contribution in [0.1, 0.15) is 51.2 Å². The summed E-state index contributed by atoms with van der Waals surface area (Å²) >= 11 is 0. The molecule has 1 aliphatic rings. The number of aromatic nitrogens is 3. The SMILES string of the molecule is Cn1nc(C(C)(C)C)nc1C1CCNCC1. The van der Waals surface area contributed by atoms with Gasteiger partial charge in [0.25, 0.3) is 0 Å². The van der Waals surface area contributed by atoms with Gasteiger partial charge < -0.3 is 5.32 Å². The Balaban J connectivity index is 2.24. The van der Waals surface area contributed by atoms with Gasteiger partial charge in [0.2, 0.25) is 0 Å². The topological polar surface area (TPSA) is 42.7 Å². The molecule has 0 radical (unpaired) electrons. The maximum absolute atomic E-state index is 4.73. The first-order chi connectivity index (χ1) is 7.48. The second kappa shape index (κ2) is 4.17. The quantitative estimate of drug-likeness (QED) is 0.784. The Labute approximate surface area is 97.5 Å². The molecule has 0 amide bonds. The van der Waals surface area contributed by atoms with Crippen LogP contribution in [-0.4, -0.2) is 27.9 Å². The van der Waals surface area contributed by atoms with Gasteiger partial charge >= 0.3 is 0 Å². The van der Waals surface area contributed by atoms with Gasteiger partial charge in [-0.05, 0) is 25.9 Å². The van der Waals surface area contributed by atoms with E-state index < -0.39 is 0 Å². The summed E-state index contributed by atoms with van der Waals surface area (Å²) in [6.45, 7) is 8.68. The number of aryl methyl sites for hydroxylation is 1. The van der Waals surface area contributed by atoms with Crippen molar-refractivity contribution >= 4 is 0 Å². The molecule has 2 heterocycles. The van der Waals surface area contributed by atoms with Crippen LogP contribution in [0.25, 0.3) is 0 Å². The molecule has 4 heteroatoms. The highest BCUT2D eigenvalue weighted by atomic mass is 15.3. The van der Waals surface area contributed by atoms with Crippen LogP contribution >= 0.6 is 0 Å². The predicted octanol–water partition coefficient (Wildman–Crippen LogP) is 1.58. The molecule has 1 N–H and O–H groups in total. The van der Waals surface area contributed by atoms with Crippen molar-refractivity contribution in [2.45, 2.75) is 44.9 Å².